The maximum Gasteiger partial charge on any atom is 0.141 e. The second-order valence-electron chi connectivity index (χ2n) is 3.38. The zero-order chi connectivity index (χ0) is 10.8. The molecule has 0 unspecified atom stereocenters. The Balaban J connectivity index is 2.94. The molecule has 0 fully saturated rings. The zero-order valence-electron chi connectivity index (χ0n) is 7.94. The number of rotatable bonds is 2. The predicted octanol–water partition coefficient (Wildman–Crippen LogP) is 3.43. The van der Waals surface area contributed by atoms with E-state index in [1.807, 2.05) is 19.9 Å². The summed E-state index contributed by atoms with van der Waals surface area (Å²) in [7, 11) is 0. The highest BCUT2D eigenvalue weighted by Gasteiger charge is 2.15. The number of nitrogens with zero attached hydrogens (tertiary/aromatic N) is 1. The molecule has 1 N–H and O–H groups in total. The molecule has 0 aliphatic carbocycles. The Morgan fingerprint density at radius 2 is 2.14 bits per heavy atom. The van der Waals surface area contributed by atoms with Crippen LogP contribution in [0, 0.1) is 12.3 Å². The highest BCUT2D eigenvalue weighted by atomic mass is 79.9. The molecule has 0 spiro atoms. The maximum atomic E-state index is 5.37. The molecular weight excluding hydrogens is 308 g/mol. The van der Waals surface area contributed by atoms with Gasteiger partial charge in [-0.15, -0.1) is 6.42 Å². The molecule has 1 aromatic rings. The first-order valence-electron chi connectivity index (χ1n) is 4.01. The lowest BCUT2D eigenvalue weighted by Crippen LogP contribution is -2.29. The summed E-state index contributed by atoms with van der Waals surface area (Å²) in [6.07, 6.45) is 7.09. The highest BCUT2D eigenvalue weighted by molar-refractivity contribution is 9.11. The summed E-state index contributed by atoms with van der Waals surface area (Å²) in [4.78, 5) is 4.21. The van der Waals surface area contributed by atoms with E-state index in [4.69, 9.17) is 6.42 Å². The molecule has 0 atom stereocenters. The van der Waals surface area contributed by atoms with Crippen LogP contribution in [0.4, 0.5) is 5.82 Å². The van der Waals surface area contributed by atoms with Crippen LogP contribution in [0.1, 0.15) is 13.8 Å². The van der Waals surface area contributed by atoms with Crippen molar-refractivity contribution < 1.29 is 0 Å². The van der Waals surface area contributed by atoms with Gasteiger partial charge in [-0.2, -0.15) is 0 Å². The van der Waals surface area contributed by atoms with Gasteiger partial charge in [0, 0.05) is 10.7 Å². The van der Waals surface area contributed by atoms with Crippen molar-refractivity contribution >= 4 is 37.7 Å². The Kier molecular flexibility index (Phi) is 3.57. The zero-order valence-corrected chi connectivity index (χ0v) is 11.1. The third kappa shape index (κ3) is 3.00. The third-order valence-electron chi connectivity index (χ3n) is 1.60. The number of terminal acetylenes is 1. The molecule has 4 heteroatoms. The van der Waals surface area contributed by atoms with Crippen molar-refractivity contribution in [3.8, 4) is 12.3 Å². The minimum atomic E-state index is -0.399. The number of anilines is 1. The number of nitrogens with one attached hydrogen (secondary N) is 1. The van der Waals surface area contributed by atoms with Gasteiger partial charge < -0.3 is 5.32 Å². The monoisotopic (exact) mass is 316 g/mol. The smallest absolute Gasteiger partial charge is 0.141 e. The molecular formula is C10H10Br2N2. The average Bonchev–Trinajstić information content (AvgIpc) is 2.10. The first-order valence-corrected chi connectivity index (χ1v) is 5.60. The second-order valence-corrected chi connectivity index (χ2v) is 5.15. The number of hydrogen-bond donors (Lipinski definition) is 1. The van der Waals surface area contributed by atoms with E-state index in [2.05, 4.69) is 48.1 Å². The minimum Gasteiger partial charge on any atom is -0.353 e. The van der Waals surface area contributed by atoms with E-state index in [9.17, 15) is 0 Å². The molecule has 2 nitrogen and oxygen atoms in total. The molecule has 0 saturated heterocycles. The summed E-state index contributed by atoms with van der Waals surface area (Å²) < 4.78 is 1.81. The quantitative estimate of drug-likeness (QED) is 0.845. The lowest BCUT2D eigenvalue weighted by Gasteiger charge is -2.21. The average molecular weight is 318 g/mol. The van der Waals surface area contributed by atoms with E-state index in [1.54, 1.807) is 6.20 Å². The first-order chi connectivity index (χ1) is 6.44. The molecule has 0 radical (unpaired) electrons. The largest absolute Gasteiger partial charge is 0.353 e. The van der Waals surface area contributed by atoms with Gasteiger partial charge >= 0.3 is 0 Å². The minimum absolute atomic E-state index is 0.399. The van der Waals surface area contributed by atoms with Gasteiger partial charge in [-0.25, -0.2) is 4.98 Å². The van der Waals surface area contributed by atoms with Crippen LogP contribution < -0.4 is 5.32 Å². The highest BCUT2D eigenvalue weighted by Crippen LogP contribution is 2.25. The summed E-state index contributed by atoms with van der Waals surface area (Å²) >= 11 is 6.74. The SMILES string of the molecule is C#CC(C)(C)Nc1ncc(Br)cc1Br. The van der Waals surface area contributed by atoms with Crippen molar-refractivity contribution in [2.75, 3.05) is 5.32 Å². The second kappa shape index (κ2) is 4.33. The summed E-state index contributed by atoms with van der Waals surface area (Å²) in [6.45, 7) is 3.84. The Morgan fingerprint density at radius 3 is 2.64 bits per heavy atom. The van der Waals surface area contributed by atoms with Crippen LogP contribution in [-0.2, 0) is 0 Å². The summed E-state index contributed by atoms with van der Waals surface area (Å²) in [6, 6.07) is 1.92. The number of hydrogen-bond acceptors (Lipinski definition) is 2. The summed E-state index contributed by atoms with van der Waals surface area (Å²) in [5.74, 6) is 3.39. The van der Waals surface area contributed by atoms with Crippen LogP contribution in [0.2, 0.25) is 0 Å². The van der Waals surface area contributed by atoms with Crippen molar-refractivity contribution in [2.45, 2.75) is 19.4 Å². The Bertz CT molecular complexity index is 380. The lowest BCUT2D eigenvalue weighted by atomic mass is 10.1. The molecule has 74 valence electrons. The molecule has 1 aromatic heterocycles. The van der Waals surface area contributed by atoms with E-state index < -0.39 is 5.54 Å². The van der Waals surface area contributed by atoms with E-state index in [0.717, 1.165) is 14.8 Å². The lowest BCUT2D eigenvalue weighted by molar-refractivity contribution is 0.735. The van der Waals surface area contributed by atoms with Crippen molar-refractivity contribution in [1.29, 1.82) is 0 Å². The van der Waals surface area contributed by atoms with Gasteiger partial charge in [0.05, 0.1) is 10.0 Å². The van der Waals surface area contributed by atoms with Crippen LogP contribution in [0.25, 0.3) is 0 Å². The van der Waals surface area contributed by atoms with Gasteiger partial charge in [0.25, 0.3) is 0 Å². The van der Waals surface area contributed by atoms with Crippen LogP contribution in [0.3, 0.4) is 0 Å². The molecule has 0 bridgehead atoms. The van der Waals surface area contributed by atoms with E-state index in [-0.39, 0.29) is 0 Å². The van der Waals surface area contributed by atoms with Gasteiger partial charge in [-0.1, -0.05) is 5.92 Å². The fraction of sp³-hybridized carbons (Fsp3) is 0.300. The summed E-state index contributed by atoms with van der Waals surface area (Å²) in [5.41, 5.74) is -0.399. The fourth-order valence-electron chi connectivity index (χ4n) is 0.839. The molecule has 1 rings (SSSR count). The number of aromatic nitrogens is 1. The van der Waals surface area contributed by atoms with Crippen LogP contribution in [-0.4, -0.2) is 10.5 Å². The molecule has 0 aliphatic heterocycles. The van der Waals surface area contributed by atoms with Gasteiger partial charge in [0.1, 0.15) is 5.82 Å². The van der Waals surface area contributed by atoms with Crippen LogP contribution >= 0.6 is 31.9 Å². The van der Waals surface area contributed by atoms with Gasteiger partial charge in [0.2, 0.25) is 0 Å². The summed E-state index contributed by atoms with van der Waals surface area (Å²) in [5, 5.41) is 3.15. The predicted molar refractivity (Wildman–Crippen MR) is 66.2 cm³/mol. The molecule has 0 saturated carbocycles. The van der Waals surface area contributed by atoms with E-state index in [1.165, 1.54) is 0 Å². The molecule has 1 heterocycles. The van der Waals surface area contributed by atoms with Crippen LogP contribution in [0.5, 0.6) is 0 Å². The van der Waals surface area contributed by atoms with E-state index in [0.29, 0.717) is 0 Å². The van der Waals surface area contributed by atoms with E-state index >= 15 is 0 Å². The van der Waals surface area contributed by atoms with Crippen LogP contribution in [0.15, 0.2) is 21.2 Å². The topological polar surface area (TPSA) is 24.9 Å². The maximum absolute atomic E-state index is 5.37. The van der Waals surface area contributed by atoms with Crippen molar-refractivity contribution in [2.24, 2.45) is 0 Å². The Hall–Kier alpha value is -0.530. The number of pyridine rings is 1. The number of halogens is 2. The van der Waals surface area contributed by atoms with Gasteiger partial charge in [0.15, 0.2) is 0 Å². The molecule has 14 heavy (non-hydrogen) atoms. The van der Waals surface area contributed by atoms with Crippen molar-refractivity contribution in [3.05, 3.63) is 21.2 Å². The third-order valence-corrected chi connectivity index (χ3v) is 2.64. The van der Waals surface area contributed by atoms with Gasteiger partial charge in [-0.3, -0.25) is 0 Å². The van der Waals surface area contributed by atoms with Gasteiger partial charge in [-0.05, 0) is 51.8 Å². The van der Waals surface area contributed by atoms with Crippen molar-refractivity contribution in [1.82, 2.24) is 4.98 Å². The fourth-order valence-corrected chi connectivity index (χ4v) is 1.93. The molecule has 0 amide bonds. The van der Waals surface area contributed by atoms with Crippen molar-refractivity contribution in [3.63, 3.8) is 0 Å². The normalized spacial score (nSPS) is 10.8. The molecule has 0 aromatic carbocycles. The standard InChI is InChI=1S/C10H10Br2N2/c1-4-10(2,3)14-9-8(12)5-7(11)6-13-9/h1,5-6H,2-3H3,(H,13,14). The first kappa shape index (κ1) is 11.5. The Morgan fingerprint density at radius 1 is 1.50 bits per heavy atom. The Labute approximate surface area is 101 Å². The molecule has 0 aliphatic rings.